The number of likely N-dealkylation sites (tertiary alicyclic amines) is 1. The van der Waals surface area contributed by atoms with E-state index in [2.05, 4.69) is 29.9 Å². The van der Waals surface area contributed by atoms with Crippen LogP contribution in [0.4, 0.5) is 19.0 Å². The lowest BCUT2D eigenvalue weighted by Crippen LogP contribution is -2.36. The van der Waals surface area contributed by atoms with E-state index in [0.29, 0.717) is 22.5 Å². The van der Waals surface area contributed by atoms with Gasteiger partial charge in [0.05, 0.1) is 11.9 Å². The van der Waals surface area contributed by atoms with Gasteiger partial charge in [0.25, 0.3) is 0 Å². The number of carbonyl (C=O) groups is 1. The second-order valence-corrected chi connectivity index (χ2v) is 7.84. The summed E-state index contributed by atoms with van der Waals surface area (Å²) < 4.78 is 42.0. The Morgan fingerprint density at radius 2 is 1.85 bits per heavy atom. The number of hydrogen-bond acceptors (Lipinski definition) is 6. The Hall–Kier alpha value is -3.53. The average molecular weight is 457 g/mol. The Labute approximate surface area is 188 Å². The third kappa shape index (κ3) is 5.83. The quantitative estimate of drug-likeness (QED) is 0.612. The number of benzene rings is 1. The maximum absolute atomic E-state index is 12.7. The van der Waals surface area contributed by atoms with Gasteiger partial charge in [0.2, 0.25) is 5.91 Å². The molecule has 1 aromatic carbocycles. The van der Waals surface area contributed by atoms with Crippen molar-refractivity contribution in [3.05, 3.63) is 55.0 Å². The molecule has 3 heterocycles. The number of amides is 1. The standard InChI is InChI=1S/C23H22F3N5O2/c1-31-10-7-15(8-11-31)22(32)30-19-14-28-20(21(29-19)17-5-3-9-27-13-17)16-4-2-6-18(12-16)33-23(24,25)26/h2-6,9,12-15H,7-8,10-11H2,1H3,(H,29,30,32). The largest absolute Gasteiger partial charge is 0.573 e. The van der Waals surface area contributed by atoms with E-state index < -0.39 is 6.36 Å². The number of nitrogens with zero attached hydrogens (tertiary/aromatic N) is 4. The SMILES string of the molecule is CN1CCC(C(=O)Nc2cnc(-c3cccc(OC(F)(F)F)c3)c(-c3cccnc3)n2)CC1. The summed E-state index contributed by atoms with van der Waals surface area (Å²) in [4.78, 5) is 28.0. The number of carbonyl (C=O) groups excluding carboxylic acids is 1. The molecular weight excluding hydrogens is 435 g/mol. The maximum Gasteiger partial charge on any atom is 0.573 e. The highest BCUT2D eigenvalue weighted by Gasteiger charge is 2.31. The molecule has 0 saturated carbocycles. The minimum Gasteiger partial charge on any atom is -0.406 e. The molecule has 33 heavy (non-hydrogen) atoms. The number of anilines is 1. The van der Waals surface area contributed by atoms with E-state index >= 15 is 0 Å². The van der Waals surface area contributed by atoms with Crippen LogP contribution in [0.25, 0.3) is 22.5 Å². The lowest BCUT2D eigenvalue weighted by Gasteiger charge is -2.27. The van der Waals surface area contributed by atoms with Crippen LogP contribution in [0.15, 0.2) is 55.0 Å². The molecule has 7 nitrogen and oxygen atoms in total. The van der Waals surface area contributed by atoms with Crippen molar-refractivity contribution in [2.45, 2.75) is 19.2 Å². The Balaban J connectivity index is 1.66. The third-order valence-electron chi connectivity index (χ3n) is 5.39. The Bertz CT molecular complexity index is 1120. The van der Waals surface area contributed by atoms with Crippen LogP contribution < -0.4 is 10.1 Å². The van der Waals surface area contributed by atoms with E-state index in [0.717, 1.165) is 25.9 Å². The smallest absolute Gasteiger partial charge is 0.406 e. The molecule has 3 aromatic rings. The van der Waals surface area contributed by atoms with Gasteiger partial charge in [0.1, 0.15) is 11.4 Å². The molecule has 1 amide bonds. The number of rotatable bonds is 5. The summed E-state index contributed by atoms with van der Waals surface area (Å²) in [6.07, 6.45) is 1.29. The molecule has 1 fully saturated rings. The van der Waals surface area contributed by atoms with Crippen LogP contribution in [-0.2, 0) is 4.79 Å². The first kappa shape index (κ1) is 22.7. The number of alkyl halides is 3. The topological polar surface area (TPSA) is 80.2 Å². The number of aromatic nitrogens is 3. The van der Waals surface area contributed by atoms with Crippen LogP contribution in [0, 0.1) is 5.92 Å². The number of ether oxygens (including phenoxy) is 1. The van der Waals surface area contributed by atoms with Crippen LogP contribution in [-0.4, -0.2) is 52.3 Å². The molecule has 0 aliphatic carbocycles. The molecule has 1 aliphatic heterocycles. The first-order chi connectivity index (χ1) is 15.8. The third-order valence-corrected chi connectivity index (χ3v) is 5.39. The molecule has 10 heteroatoms. The molecule has 1 aliphatic rings. The van der Waals surface area contributed by atoms with Gasteiger partial charge in [0.15, 0.2) is 5.82 Å². The molecule has 0 spiro atoms. The van der Waals surface area contributed by atoms with E-state index in [1.165, 1.54) is 24.4 Å². The lowest BCUT2D eigenvalue weighted by atomic mass is 9.96. The second kappa shape index (κ2) is 9.53. The number of pyridine rings is 1. The monoisotopic (exact) mass is 457 g/mol. The lowest BCUT2D eigenvalue weighted by molar-refractivity contribution is -0.274. The van der Waals surface area contributed by atoms with Gasteiger partial charge < -0.3 is 15.0 Å². The number of hydrogen-bond donors (Lipinski definition) is 1. The molecule has 1 N–H and O–H groups in total. The molecule has 1 saturated heterocycles. The zero-order valence-corrected chi connectivity index (χ0v) is 17.8. The Morgan fingerprint density at radius 3 is 2.55 bits per heavy atom. The fraction of sp³-hybridized carbons (Fsp3) is 0.304. The van der Waals surface area contributed by atoms with Crippen molar-refractivity contribution in [2.24, 2.45) is 5.92 Å². The molecule has 0 radical (unpaired) electrons. The normalized spacial score (nSPS) is 15.3. The molecule has 0 unspecified atom stereocenters. The van der Waals surface area contributed by atoms with Crippen molar-refractivity contribution in [3.8, 4) is 28.3 Å². The van der Waals surface area contributed by atoms with Gasteiger partial charge in [-0.05, 0) is 57.2 Å². The summed E-state index contributed by atoms with van der Waals surface area (Å²) in [5, 5.41) is 2.83. The van der Waals surface area contributed by atoms with Gasteiger partial charge >= 0.3 is 6.36 Å². The fourth-order valence-electron chi connectivity index (χ4n) is 3.70. The first-order valence-corrected chi connectivity index (χ1v) is 10.4. The Morgan fingerprint density at radius 1 is 1.09 bits per heavy atom. The van der Waals surface area contributed by atoms with E-state index in [1.807, 2.05) is 7.05 Å². The summed E-state index contributed by atoms with van der Waals surface area (Å²) in [6.45, 7) is 1.69. The van der Waals surface area contributed by atoms with Crippen molar-refractivity contribution in [2.75, 3.05) is 25.5 Å². The zero-order valence-electron chi connectivity index (χ0n) is 17.8. The predicted molar refractivity (Wildman–Crippen MR) is 116 cm³/mol. The van der Waals surface area contributed by atoms with Gasteiger partial charge in [-0.15, -0.1) is 13.2 Å². The van der Waals surface area contributed by atoms with Crippen molar-refractivity contribution >= 4 is 11.7 Å². The maximum atomic E-state index is 12.7. The molecule has 0 atom stereocenters. The van der Waals surface area contributed by atoms with Gasteiger partial charge in [0, 0.05) is 29.4 Å². The fourth-order valence-corrected chi connectivity index (χ4v) is 3.70. The summed E-state index contributed by atoms with van der Waals surface area (Å²) in [5.74, 6) is -0.327. The van der Waals surface area contributed by atoms with Crippen LogP contribution in [0.5, 0.6) is 5.75 Å². The Kier molecular flexibility index (Phi) is 6.55. The summed E-state index contributed by atoms with van der Waals surface area (Å²) in [7, 11) is 2.02. The highest BCUT2D eigenvalue weighted by molar-refractivity contribution is 5.92. The van der Waals surface area contributed by atoms with Crippen LogP contribution >= 0.6 is 0 Å². The summed E-state index contributed by atoms with van der Waals surface area (Å²) in [5.41, 5.74) is 1.72. The minimum atomic E-state index is -4.81. The van der Waals surface area contributed by atoms with E-state index in [4.69, 9.17) is 0 Å². The van der Waals surface area contributed by atoms with Gasteiger partial charge in [-0.2, -0.15) is 0 Å². The molecular formula is C23H22F3N5O2. The second-order valence-electron chi connectivity index (χ2n) is 7.84. The van der Waals surface area contributed by atoms with Crippen molar-refractivity contribution < 1.29 is 22.7 Å². The van der Waals surface area contributed by atoms with Crippen molar-refractivity contribution in [3.63, 3.8) is 0 Å². The van der Waals surface area contributed by atoms with Gasteiger partial charge in [-0.1, -0.05) is 12.1 Å². The number of piperidine rings is 1. The molecule has 0 bridgehead atoms. The van der Waals surface area contributed by atoms with E-state index in [-0.39, 0.29) is 23.4 Å². The van der Waals surface area contributed by atoms with Crippen LogP contribution in [0.1, 0.15) is 12.8 Å². The highest BCUT2D eigenvalue weighted by atomic mass is 19.4. The zero-order chi connectivity index (χ0) is 23.4. The first-order valence-electron chi connectivity index (χ1n) is 10.4. The van der Waals surface area contributed by atoms with Crippen molar-refractivity contribution in [1.82, 2.24) is 19.9 Å². The predicted octanol–water partition coefficient (Wildman–Crippen LogP) is 4.38. The number of nitrogens with one attached hydrogen (secondary N) is 1. The number of halogens is 3. The highest BCUT2D eigenvalue weighted by Crippen LogP contribution is 2.33. The molecule has 2 aromatic heterocycles. The van der Waals surface area contributed by atoms with Gasteiger partial charge in [-0.25, -0.2) is 4.98 Å². The molecule has 172 valence electrons. The summed E-state index contributed by atoms with van der Waals surface area (Å²) >= 11 is 0. The van der Waals surface area contributed by atoms with E-state index in [1.54, 1.807) is 30.6 Å². The van der Waals surface area contributed by atoms with Gasteiger partial charge in [-0.3, -0.25) is 14.8 Å². The van der Waals surface area contributed by atoms with Crippen LogP contribution in [0.3, 0.4) is 0 Å². The van der Waals surface area contributed by atoms with Crippen molar-refractivity contribution in [1.29, 1.82) is 0 Å². The average Bonchev–Trinajstić information content (AvgIpc) is 2.79. The van der Waals surface area contributed by atoms with E-state index in [9.17, 15) is 18.0 Å². The molecule has 4 rings (SSSR count). The minimum absolute atomic E-state index is 0.110. The summed E-state index contributed by atoms with van der Waals surface area (Å²) in [6, 6.07) is 9.00. The van der Waals surface area contributed by atoms with Crippen LogP contribution in [0.2, 0.25) is 0 Å².